The Kier molecular flexibility index (Phi) is 8.56. The minimum atomic E-state index is -5.75. The summed E-state index contributed by atoms with van der Waals surface area (Å²) in [4.78, 5) is 58.8. The van der Waals surface area contributed by atoms with Crippen LogP contribution in [0.25, 0.3) is 11.2 Å². The molecule has 22 heteroatoms. The number of imidazole rings is 1. The summed E-state index contributed by atoms with van der Waals surface area (Å²) in [6, 6.07) is 8.69. The Morgan fingerprint density at radius 1 is 1.08 bits per heavy atom. The Hall–Kier alpha value is -2.34. The topological polar surface area (TPSA) is 288 Å². The van der Waals surface area contributed by atoms with E-state index in [4.69, 9.17) is 25.0 Å². The smallest absolute Gasteiger partial charge is 0.386 e. The van der Waals surface area contributed by atoms with Gasteiger partial charge in [-0.05, 0) is 5.56 Å². The highest BCUT2D eigenvalue weighted by Gasteiger charge is 2.48. The molecule has 1 aliphatic rings. The van der Waals surface area contributed by atoms with Crippen molar-refractivity contribution in [3.05, 3.63) is 52.6 Å². The molecular formula is C17H22N5O14P3. The zero-order valence-electron chi connectivity index (χ0n) is 19.4. The van der Waals surface area contributed by atoms with Gasteiger partial charge in [0.2, 0.25) is 5.95 Å². The SMILES string of the molecule is Nc1nc2c(ncn2[C@@H]2O[C@H](COP(=O)(O)OP(=O)(O)OP(=O)(O)O)[C@H](OCc3ccccc3)C2O)c(=O)[nH]1. The van der Waals surface area contributed by atoms with Crippen molar-refractivity contribution >= 4 is 40.6 Å². The summed E-state index contributed by atoms with van der Waals surface area (Å²) < 4.78 is 59.4. The van der Waals surface area contributed by atoms with Gasteiger partial charge in [0.05, 0.1) is 19.5 Å². The van der Waals surface area contributed by atoms with Crippen molar-refractivity contribution in [1.29, 1.82) is 0 Å². The Morgan fingerprint density at radius 2 is 1.77 bits per heavy atom. The Bertz CT molecular complexity index is 1530. The number of phosphoric ester groups is 1. The fourth-order valence-corrected chi connectivity index (χ4v) is 6.69. The predicted octanol–water partition coefficient (Wildman–Crippen LogP) is -0.111. The molecular weight excluding hydrogens is 591 g/mol. The van der Waals surface area contributed by atoms with Gasteiger partial charge in [0.25, 0.3) is 5.56 Å². The maximum Gasteiger partial charge on any atom is 0.490 e. The third kappa shape index (κ3) is 7.45. The van der Waals surface area contributed by atoms with Gasteiger partial charge in [-0.1, -0.05) is 30.3 Å². The lowest BCUT2D eigenvalue weighted by Crippen LogP contribution is -2.36. The van der Waals surface area contributed by atoms with Crippen LogP contribution >= 0.6 is 23.5 Å². The van der Waals surface area contributed by atoms with Crippen LogP contribution in [0.1, 0.15) is 11.8 Å². The van der Waals surface area contributed by atoms with E-state index in [0.29, 0.717) is 5.56 Å². The number of anilines is 1. The highest BCUT2D eigenvalue weighted by atomic mass is 31.3. The fourth-order valence-electron chi connectivity index (χ4n) is 3.66. The molecule has 4 rings (SSSR count). The van der Waals surface area contributed by atoms with Crippen molar-refractivity contribution in [2.45, 2.75) is 31.1 Å². The van der Waals surface area contributed by atoms with Crippen LogP contribution < -0.4 is 11.3 Å². The number of rotatable bonds is 11. The normalized spacial score (nSPS) is 24.9. The average molecular weight is 613 g/mol. The predicted molar refractivity (Wildman–Crippen MR) is 127 cm³/mol. The molecule has 0 saturated carbocycles. The van der Waals surface area contributed by atoms with Gasteiger partial charge in [0.15, 0.2) is 17.4 Å². The number of hydrogen-bond donors (Lipinski definition) is 7. The summed E-state index contributed by atoms with van der Waals surface area (Å²) in [6.07, 6.45) is -4.32. The second kappa shape index (κ2) is 11.3. The van der Waals surface area contributed by atoms with Crippen molar-refractivity contribution in [3.63, 3.8) is 0 Å². The van der Waals surface area contributed by atoms with E-state index in [9.17, 15) is 33.4 Å². The molecule has 6 atom stereocenters. The van der Waals surface area contributed by atoms with Crippen LogP contribution in [0.3, 0.4) is 0 Å². The van der Waals surface area contributed by atoms with E-state index in [0.717, 1.165) is 6.33 Å². The number of nitrogens with one attached hydrogen (secondary N) is 1. The average Bonchev–Trinajstić information content (AvgIpc) is 3.35. The maximum atomic E-state index is 12.2. The molecule has 214 valence electrons. The van der Waals surface area contributed by atoms with Crippen LogP contribution in [0.15, 0.2) is 41.5 Å². The van der Waals surface area contributed by atoms with E-state index in [1.165, 1.54) is 4.57 Å². The van der Waals surface area contributed by atoms with Crippen LogP contribution in [-0.2, 0) is 42.9 Å². The van der Waals surface area contributed by atoms with Crippen LogP contribution in [-0.4, -0.2) is 69.1 Å². The van der Waals surface area contributed by atoms with Gasteiger partial charge in [-0.2, -0.15) is 13.6 Å². The molecule has 1 aromatic carbocycles. The lowest BCUT2D eigenvalue weighted by atomic mass is 10.1. The molecule has 3 heterocycles. The van der Waals surface area contributed by atoms with E-state index in [2.05, 4.69) is 28.1 Å². The fraction of sp³-hybridized carbons (Fsp3) is 0.353. The molecule has 39 heavy (non-hydrogen) atoms. The molecule has 2 aromatic heterocycles. The van der Waals surface area contributed by atoms with E-state index in [1.54, 1.807) is 30.3 Å². The van der Waals surface area contributed by atoms with Crippen LogP contribution in [0.2, 0.25) is 0 Å². The number of ether oxygens (including phenoxy) is 2. The maximum absolute atomic E-state index is 12.2. The van der Waals surface area contributed by atoms with Gasteiger partial charge >= 0.3 is 23.5 Å². The van der Waals surface area contributed by atoms with Crippen LogP contribution in [0.5, 0.6) is 0 Å². The first-order valence-corrected chi connectivity index (χ1v) is 15.2. The number of aliphatic hydroxyl groups is 1. The summed E-state index contributed by atoms with van der Waals surface area (Å²) in [6.45, 7) is -0.959. The van der Waals surface area contributed by atoms with Gasteiger partial charge in [-0.15, -0.1) is 0 Å². The molecule has 0 aliphatic carbocycles. The molecule has 19 nitrogen and oxygen atoms in total. The minimum Gasteiger partial charge on any atom is -0.386 e. The molecule has 8 N–H and O–H groups in total. The van der Waals surface area contributed by atoms with Crippen LogP contribution in [0, 0.1) is 0 Å². The van der Waals surface area contributed by atoms with Gasteiger partial charge in [-0.25, -0.2) is 18.7 Å². The van der Waals surface area contributed by atoms with Gasteiger partial charge < -0.3 is 39.9 Å². The van der Waals surface area contributed by atoms with Crippen molar-refractivity contribution in [2.75, 3.05) is 12.3 Å². The number of aromatic amines is 1. The summed E-state index contributed by atoms with van der Waals surface area (Å²) in [7, 11) is -16.8. The summed E-state index contributed by atoms with van der Waals surface area (Å²) in [5, 5.41) is 11.1. The number of benzene rings is 1. The van der Waals surface area contributed by atoms with Crippen molar-refractivity contribution < 1.29 is 61.0 Å². The number of nitrogen functional groups attached to an aromatic ring is 1. The summed E-state index contributed by atoms with van der Waals surface area (Å²) in [5.74, 6) is -0.247. The van der Waals surface area contributed by atoms with Gasteiger partial charge in [0.1, 0.15) is 18.3 Å². The second-order valence-electron chi connectivity index (χ2n) is 7.98. The first-order chi connectivity index (χ1) is 18.1. The van der Waals surface area contributed by atoms with E-state index < -0.39 is 60.2 Å². The number of nitrogens with zero attached hydrogens (tertiary/aromatic N) is 3. The molecule has 1 fully saturated rings. The van der Waals surface area contributed by atoms with Crippen molar-refractivity contribution in [2.24, 2.45) is 0 Å². The lowest BCUT2D eigenvalue weighted by Gasteiger charge is -2.22. The minimum absolute atomic E-state index is 0.0556. The number of fused-ring (bicyclic) bond motifs is 1. The molecule has 0 bridgehead atoms. The molecule has 3 unspecified atom stereocenters. The third-order valence-corrected chi connectivity index (χ3v) is 8.94. The molecule has 0 amide bonds. The first-order valence-electron chi connectivity index (χ1n) is 10.6. The largest absolute Gasteiger partial charge is 0.490 e. The van der Waals surface area contributed by atoms with Crippen molar-refractivity contribution in [1.82, 2.24) is 19.5 Å². The van der Waals surface area contributed by atoms with Crippen molar-refractivity contribution in [3.8, 4) is 0 Å². The Morgan fingerprint density at radius 3 is 2.44 bits per heavy atom. The van der Waals surface area contributed by atoms with E-state index >= 15 is 0 Å². The second-order valence-corrected chi connectivity index (χ2v) is 12.4. The van der Waals surface area contributed by atoms with Crippen LogP contribution in [0.4, 0.5) is 5.95 Å². The Labute approximate surface area is 217 Å². The monoisotopic (exact) mass is 613 g/mol. The Balaban J connectivity index is 1.56. The number of aliphatic hydroxyl groups excluding tert-OH is 1. The third-order valence-electron chi connectivity index (χ3n) is 5.14. The summed E-state index contributed by atoms with van der Waals surface area (Å²) in [5.41, 5.74) is 5.45. The summed E-state index contributed by atoms with van der Waals surface area (Å²) >= 11 is 0. The van der Waals surface area contributed by atoms with E-state index in [-0.39, 0.29) is 23.7 Å². The highest BCUT2D eigenvalue weighted by molar-refractivity contribution is 7.66. The zero-order chi connectivity index (χ0) is 28.6. The van der Waals surface area contributed by atoms with Gasteiger partial charge in [0, 0.05) is 0 Å². The molecule has 3 aromatic rings. The first kappa shape index (κ1) is 29.6. The zero-order valence-corrected chi connectivity index (χ0v) is 22.0. The van der Waals surface area contributed by atoms with E-state index in [1.807, 2.05) is 0 Å². The highest BCUT2D eigenvalue weighted by Crippen LogP contribution is 2.66. The standard InChI is InChI=1S/C17H22N5O14P3/c18-17-20-14-11(15(24)21-17)19-8-22(14)16-12(23)13(32-6-9-4-2-1-3-5-9)10(34-16)7-33-38(28,29)36-39(30,31)35-37(25,26)27/h1-5,8,10,12-13,16,23H,6-7H2,(H,28,29)(H,30,31)(H2,25,26,27)(H3,18,20,21,24)/t10-,12?,13+,16-/m1/s1. The molecule has 1 saturated heterocycles. The number of nitrogens with two attached hydrogens (primary N) is 1. The molecule has 0 spiro atoms. The quantitative estimate of drug-likeness (QED) is 0.139. The number of aromatic nitrogens is 4. The molecule has 1 aliphatic heterocycles. The lowest BCUT2D eigenvalue weighted by molar-refractivity contribution is -0.0639. The number of phosphoric acid groups is 3. The number of H-pyrrole nitrogens is 1. The number of hydrogen-bond acceptors (Lipinski definition) is 13. The molecule has 0 radical (unpaired) electrons. The van der Waals surface area contributed by atoms with Gasteiger partial charge in [-0.3, -0.25) is 18.9 Å².